The normalized spacial score (nSPS) is 16.1. The highest BCUT2D eigenvalue weighted by molar-refractivity contribution is 6.00. The number of aromatic nitrogens is 1. The van der Waals surface area contributed by atoms with Crippen LogP contribution in [0.5, 0.6) is 0 Å². The third-order valence-corrected chi connectivity index (χ3v) is 4.23. The van der Waals surface area contributed by atoms with E-state index in [9.17, 15) is 14.4 Å². The van der Waals surface area contributed by atoms with Crippen LogP contribution in [0.1, 0.15) is 36.5 Å². The highest BCUT2D eigenvalue weighted by atomic mass is 16.4. The number of oxazole rings is 1. The minimum atomic E-state index is -0.522. The van der Waals surface area contributed by atoms with Gasteiger partial charge in [-0.3, -0.25) is 14.6 Å². The summed E-state index contributed by atoms with van der Waals surface area (Å²) in [6.45, 7) is 3.11. The van der Waals surface area contributed by atoms with Crippen molar-refractivity contribution in [3.63, 3.8) is 0 Å². The minimum absolute atomic E-state index is 0.0503. The number of aromatic amines is 1. The molecule has 22 heavy (non-hydrogen) atoms. The zero-order valence-corrected chi connectivity index (χ0v) is 12.4. The van der Waals surface area contributed by atoms with Crippen LogP contribution < -0.4 is 5.76 Å². The molecular weight excluding hydrogens is 284 g/mol. The Morgan fingerprint density at radius 1 is 1.32 bits per heavy atom. The maximum absolute atomic E-state index is 12.6. The van der Waals surface area contributed by atoms with Crippen molar-refractivity contribution in [3.8, 4) is 0 Å². The third-order valence-electron chi connectivity index (χ3n) is 4.23. The lowest BCUT2D eigenvalue weighted by Gasteiger charge is -2.31. The molecule has 1 aliphatic rings. The molecule has 0 saturated carbocycles. The van der Waals surface area contributed by atoms with Gasteiger partial charge in [0.2, 0.25) is 5.91 Å². The van der Waals surface area contributed by atoms with E-state index in [0.717, 1.165) is 0 Å². The van der Waals surface area contributed by atoms with Gasteiger partial charge in [-0.05, 0) is 31.0 Å². The Morgan fingerprint density at radius 3 is 2.73 bits per heavy atom. The van der Waals surface area contributed by atoms with Gasteiger partial charge in [0.15, 0.2) is 11.4 Å². The van der Waals surface area contributed by atoms with Gasteiger partial charge in [-0.2, -0.15) is 0 Å². The lowest BCUT2D eigenvalue weighted by atomic mass is 9.88. The van der Waals surface area contributed by atoms with Gasteiger partial charge in [-0.25, -0.2) is 4.79 Å². The van der Waals surface area contributed by atoms with Crippen LogP contribution in [0.25, 0.3) is 11.1 Å². The molecular formula is C16H18N2O4. The summed E-state index contributed by atoms with van der Waals surface area (Å²) < 4.78 is 4.99. The fourth-order valence-corrected chi connectivity index (χ4v) is 2.95. The second-order valence-corrected chi connectivity index (χ2v) is 5.60. The molecule has 1 fully saturated rings. The van der Waals surface area contributed by atoms with Crippen molar-refractivity contribution >= 4 is 22.8 Å². The van der Waals surface area contributed by atoms with Crippen molar-refractivity contribution in [2.75, 3.05) is 13.1 Å². The van der Waals surface area contributed by atoms with Crippen molar-refractivity contribution in [3.05, 3.63) is 34.3 Å². The SMILES string of the molecule is CCC(=O)N1CCC(C(=O)c2ccc3[nH]c(=O)oc3c2)CC1. The van der Waals surface area contributed by atoms with Crippen LogP contribution in [0.15, 0.2) is 27.4 Å². The summed E-state index contributed by atoms with van der Waals surface area (Å²) in [4.78, 5) is 39.7. The van der Waals surface area contributed by atoms with Gasteiger partial charge in [0.1, 0.15) is 0 Å². The Bertz CT molecular complexity index is 766. The predicted octanol–water partition coefficient (Wildman–Crippen LogP) is 1.95. The van der Waals surface area contributed by atoms with Crippen molar-refractivity contribution in [2.45, 2.75) is 26.2 Å². The maximum atomic E-state index is 12.6. The summed E-state index contributed by atoms with van der Waals surface area (Å²) in [5, 5.41) is 0. The van der Waals surface area contributed by atoms with E-state index in [4.69, 9.17) is 4.42 Å². The molecule has 0 radical (unpaired) electrons. The number of benzene rings is 1. The molecule has 6 nitrogen and oxygen atoms in total. The third kappa shape index (κ3) is 2.68. The minimum Gasteiger partial charge on any atom is -0.408 e. The molecule has 0 aliphatic carbocycles. The monoisotopic (exact) mass is 302 g/mol. The lowest BCUT2D eigenvalue weighted by molar-refractivity contribution is -0.132. The number of piperidine rings is 1. The maximum Gasteiger partial charge on any atom is 0.417 e. The number of rotatable bonds is 3. The standard InChI is InChI=1S/C16H18N2O4/c1-2-14(19)18-7-5-10(6-8-18)15(20)11-3-4-12-13(9-11)22-16(21)17-12/h3-4,9-10H,2,5-8H2,1H3,(H,17,21). The second-order valence-electron chi connectivity index (χ2n) is 5.60. The molecule has 6 heteroatoms. The first-order chi connectivity index (χ1) is 10.6. The number of carbonyl (C=O) groups excluding carboxylic acids is 2. The number of hydrogen-bond acceptors (Lipinski definition) is 4. The predicted molar refractivity (Wildman–Crippen MR) is 80.8 cm³/mol. The Labute approximate surface area is 127 Å². The lowest BCUT2D eigenvalue weighted by Crippen LogP contribution is -2.39. The number of hydrogen-bond donors (Lipinski definition) is 1. The van der Waals surface area contributed by atoms with Crippen molar-refractivity contribution in [2.24, 2.45) is 5.92 Å². The summed E-state index contributed by atoms with van der Waals surface area (Å²) in [7, 11) is 0. The quantitative estimate of drug-likeness (QED) is 0.878. The Morgan fingerprint density at radius 2 is 2.05 bits per heavy atom. The number of ketones is 1. The van der Waals surface area contributed by atoms with Crippen LogP contribution >= 0.6 is 0 Å². The average molecular weight is 302 g/mol. The highest BCUT2D eigenvalue weighted by Gasteiger charge is 2.27. The van der Waals surface area contributed by atoms with E-state index < -0.39 is 5.76 Å². The van der Waals surface area contributed by atoms with Crippen LogP contribution in [0.3, 0.4) is 0 Å². The van der Waals surface area contributed by atoms with Crippen LogP contribution in [0, 0.1) is 5.92 Å². The van der Waals surface area contributed by atoms with Crippen LogP contribution in [-0.4, -0.2) is 34.7 Å². The fourth-order valence-electron chi connectivity index (χ4n) is 2.95. The van der Waals surface area contributed by atoms with Gasteiger partial charge in [0.05, 0.1) is 5.52 Å². The number of nitrogens with one attached hydrogen (secondary N) is 1. The van der Waals surface area contributed by atoms with Crippen LogP contribution in [0.4, 0.5) is 0 Å². The van der Waals surface area contributed by atoms with E-state index in [1.54, 1.807) is 18.2 Å². The molecule has 2 heterocycles. The van der Waals surface area contributed by atoms with E-state index >= 15 is 0 Å². The largest absolute Gasteiger partial charge is 0.417 e. The number of carbonyl (C=O) groups is 2. The smallest absolute Gasteiger partial charge is 0.408 e. The van der Waals surface area contributed by atoms with Crippen LogP contribution in [0.2, 0.25) is 0 Å². The summed E-state index contributed by atoms with van der Waals surface area (Å²) >= 11 is 0. The van der Waals surface area contributed by atoms with E-state index in [-0.39, 0.29) is 17.6 Å². The van der Waals surface area contributed by atoms with Gasteiger partial charge in [0, 0.05) is 31.0 Å². The van der Waals surface area contributed by atoms with Crippen molar-refractivity contribution in [1.82, 2.24) is 9.88 Å². The molecule has 1 N–H and O–H groups in total. The number of likely N-dealkylation sites (tertiary alicyclic amines) is 1. The highest BCUT2D eigenvalue weighted by Crippen LogP contribution is 2.23. The molecule has 1 amide bonds. The summed E-state index contributed by atoms with van der Waals surface area (Å²) in [6.07, 6.45) is 1.86. The molecule has 3 rings (SSSR count). The van der Waals surface area contributed by atoms with Gasteiger partial charge in [-0.1, -0.05) is 6.92 Å². The summed E-state index contributed by atoms with van der Waals surface area (Å²) in [5.74, 6) is -0.411. The number of Topliss-reactive ketones (excluding diaryl/α,β-unsaturated/α-hetero) is 1. The van der Waals surface area contributed by atoms with Crippen molar-refractivity contribution < 1.29 is 14.0 Å². The number of nitrogens with zero attached hydrogens (tertiary/aromatic N) is 1. The zero-order valence-electron chi connectivity index (χ0n) is 12.4. The van der Waals surface area contributed by atoms with E-state index in [0.29, 0.717) is 49.0 Å². The molecule has 1 aliphatic heterocycles. The molecule has 116 valence electrons. The van der Waals surface area contributed by atoms with E-state index in [1.807, 2.05) is 11.8 Å². The summed E-state index contributed by atoms with van der Waals surface area (Å²) in [5.41, 5.74) is 1.54. The zero-order chi connectivity index (χ0) is 15.7. The van der Waals surface area contributed by atoms with E-state index in [2.05, 4.69) is 4.98 Å². The van der Waals surface area contributed by atoms with Gasteiger partial charge >= 0.3 is 5.76 Å². The molecule has 0 bridgehead atoms. The molecule has 0 spiro atoms. The Hall–Kier alpha value is -2.37. The molecule has 0 unspecified atom stereocenters. The topological polar surface area (TPSA) is 83.4 Å². The number of fused-ring (bicyclic) bond motifs is 1. The van der Waals surface area contributed by atoms with Gasteiger partial charge in [0.25, 0.3) is 0 Å². The van der Waals surface area contributed by atoms with Crippen molar-refractivity contribution in [1.29, 1.82) is 0 Å². The van der Waals surface area contributed by atoms with Crippen LogP contribution in [-0.2, 0) is 4.79 Å². The molecule has 1 aromatic heterocycles. The first-order valence-corrected chi connectivity index (χ1v) is 7.53. The first-order valence-electron chi connectivity index (χ1n) is 7.53. The van der Waals surface area contributed by atoms with Gasteiger partial charge in [-0.15, -0.1) is 0 Å². The van der Waals surface area contributed by atoms with E-state index in [1.165, 1.54) is 0 Å². The fraction of sp³-hybridized carbons (Fsp3) is 0.438. The average Bonchev–Trinajstić information content (AvgIpc) is 2.92. The molecule has 1 aromatic carbocycles. The van der Waals surface area contributed by atoms with Gasteiger partial charge < -0.3 is 9.32 Å². The molecule has 0 atom stereocenters. The summed E-state index contributed by atoms with van der Waals surface area (Å²) in [6, 6.07) is 5.00. The number of H-pyrrole nitrogens is 1. The first kappa shape index (κ1) is 14.6. The molecule has 2 aromatic rings. The number of amides is 1. The Balaban J connectivity index is 1.73. The second kappa shape index (κ2) is 5.79. The molecule has 1 saturated heterocycles. The Kier molecular flexibility index (Phi) is 3.83.